The van der Waals surface area contributed by atoms with E-state index in [1.165, 1.54) is 0 Å². The van der Waals surface area contributed by atoms with Gasteiger partial charge in [0.05, 0.1) is 18.8 Å². The number of para-hydroxylation sites is 1. The lowest BCUT2D eigenvalue weighted by Gasteiger charge is -2.26. The average Bonchev–Trinajstić information content (AvgIpc) is 2.66. The van der Waals surface area contributed by atoms with Crippen LogP contribution in [0.3, 0.4) is 0 Å². The first-order valence-electron chi connectivity index (χ1n) is 8.87. The summed E-state index contributed by atoms with van der Waals surface area (Å²) in [6.07, 6.45) is 3.10. The van der Waals surface area contributed by atoms with Gasteiger partial charge >= 0.3 is 0 Å². The molecule has 0 spiro atoms. The molecule has 2 heterocycles. The summed E-state index contributed by atoms with van der Waals surface area (Å²) in [6.45, 7) is 8.84. The van der Waals surface area contributed by atoms with Crippen LogP contribution in [0, 0.1) is 13.8 Å². The Morgan fingerprint density at radius 1 is 1.15 bits per heavy atom. The SMILES string of the molecule is Cc1cccc(C)c1Nc1ncc(C(=O)NCCN2CCOCC2)cn1. The Hall–Kier alpha value is -2.51. The van der Waals surface area contributed by atoms with Crippen LogP contribution in [0.4, 0.5) is 11.6 Å². The van der Waals surface area contributed by atoms with Gasteiger partial charge < -0.3 is 15.4 Å². The number of carbonyl (C=O) groups excluding carboxylic acids is 1. The molecule has 1 aliphatic rings. The largest absolute Gasteiger partial charge is 0.379 e. The van der Waals surface area contributed by atoms with E-state index >= 15 is 0 Å². The van der Waals surface area contributed by atoms with Crippen LogP contribution in [0.2, 0.25) is 0 Å². The van der Waals surface area contributed by atoms with Gasteiger partial charge in [-0.2, -0.15) is 0 Å². The standard InChI is InChI=1S/C19H25N5O2/c1-14-4-3-5-15(2)17(14)23-19-21-12-16(13-22-19)18(25)20-6-7-24-8-10-26-11-9-24/h3-5,12-13H,6-11H2,1-2H3,(H,20,25)(H,21,22,23). The van der Waals surface area contributed by atoms with Gasteiger partial charge in [-0.3, -0.25) is 9.69 Å². The van der Waals surface area contributed by atoms with Crippen LogP contribution in [0.1, 0.15) is 21.5 Å². The Morgan fingerprint density at radius 2 is 1.81 bits per heavy atom. The van der Waals surface area contributed by atoms with Crippen LogP contribution in [-0.2, 0) is 4.74 Å². The zero-order chi connectivity index (χ0) is 18.4. The highest BCUT2D eigenvalue weighted by molar-refractivity contribution is 5.93. The van der Waals surface area contributed by atoms with E-state index in [4.69, 9.17) is 4.74 Å². The molecule has 1 aromatic heterocycles. The molecule has 138 valence electrons. The Morgan fingerprint density at radius 3 is 2.46 bits per heavy atom. The van der Waals surface area contributed by atoms with Crippen molar-refractivity contribution in [2.45, 2.75) is 13.8 Å². The zero-order valence-electron chi connectivity index (χ0n) is 15.3. The average molecular weight is 355 g/mol. The van der Waals surface area contributed by atoms with Crippen molar-refractivity contribution in [1.29, 1.82) is 0 Å². The highest BCUT2D eigenvalue weighted by atomic mass is 16.5. The van der Waals surface area contributed by atoms with Crippen LogP contribution in [0.5, 0.6) is 0 Å². The third-order valence-electron chi connectivity index (χ3n) is 4.45. The van der Waals surface area contributed by atoms with E-state index in [0.717, 1.165) is 49.7 Å². The number of carbonyl (C=O) groups is 1. The zero-order valence-corrected chi connectivity index (χ0v) is 15.3. The number of morpholine rings is 1. The van der Waals surface area contributed by atoms with E-state index in [-0.39, 0.29) is 5.91 Å². The maximum Gasteiger partial charge on any atom is 0.254 e. The highest BCUT2D eigenvalue weighted by Crippen LogP contribution is 2.22. The molecule has 26 heavy (non-hydrogen) atoms. The fourth-order valence-electron chi connectivity index (χ4n) is 2.89. The van der Waals surface area contributed by atoms with Crippen LogP contribution >= 0.6 is 0 Å². The topological polar surface area (TPSA) is 79.4 Å². The molecule has 0 bridgehead atoms. The van der Waals surface area contributed by atoms with E-state index in [9.17, 15) is 4.79 Å². The fourth-order valence-corrected chi connectivity index (χ4v) is 2.89. The number of aryl methyl sites for hydroxylation is 2. The molecule has 7 nitrogen and oxygen atoms in total. The van der Waals surface area contributed by atoms with Gasteiger partial charge in [0.25, 0.3) is 5.91 Å². The molecular weight excluding hydrogens is 330 g/mol. The highest BCUT2D eigenvalue weighted by Gasteiger charge is 2.12. The van der Waals surface area contributed by atoms with Crippen molar-refractivity contribution in [3.63, 3.8) is 0 Å². The number of rotatable bonds is 6. The summed E-state index contributed by atoms with van der Waals surface area (Å²) in [5, 5.41) is 6.13. The molecule has 1 aliphatic heterocycles. The van der Waals surface area contributed by atoms with Crippen molar-refractivity contribution in [2.24, 2.45) is 0 Å². The van der Waals surface area contributed by atoms with Crippen molar-refractivity contribution in [1.82, 2.24) is 20.2 Å². The van der Waals surface area contributed by atoms with Gasteiger partial charge in [0.1, 0.15) is 0 Å². The van der Waals surface area contributed by atoms with E-state index in [0.29, 0.717) is 18.1 Å². The second-order valence-corrected chi connectivity index (χ2v) is 6.40. The van der Waals surface area contributed by atoms with Crippen molar-refractivity contribution < 1.29 is 9.53 Å². The minimum atomic E-state index is -0.156. The monoisotopic (exact) mass is 355 g/mol. The van der Waals surface area contributed by atoms with E-state index < -0.39 is 0 Å². The summed E-state index contributed by atoms with van der Waals surface area (Å²) in [6, 6.07) is 6.08. The summed E-state index contributed by atoms with van der Waals surface area (Å²) in [4.78, 5) is 23.0. The first-order chi connectivity index (χ1) is 12.6. The number of hydrogen-bond donors (Lipinski definition) is 2. The van der Waals surface area contributed by atoms with Crippen molar-refractivity contribution in [3.8, 4) is 0 Å². The lowest BCUT2D eigenvalue weighted by molar-refractivity contribution is 0.0383. The number of ether oxygens (including phenoxy) is 1. The van der Waals surface area contributed by atoms with Gasteiger partial charge in [-0.15, -0.1) is 0 Å². The minimum absolute atomic E-state index is 0.156. The number of nitrogens with zero attached hydrogens (tertiary/aromatic N) is 3. The predicted octanol–water partition coefficient (Wildman–Crippen LogP) is 1.90. The van der Waals surface area contributed by atoms with E-state index in [2.05, 4.69) is 25.5 Å². The third kappa shape index (κ3) is 4.77. The van der Waals surface area contributed by atoms with Crippen LogP contribution < -0.4 is 10.6 Å². The Bertz CT molecular complexity index is 722. The lowest BCUT2D eigenvalue weighted by atomic mass is 10.1. The molecule has 0 saturated carbocycles. The molecule has 1 saturated heterocycles. The quantitative estimate of drug-likeness (QED) is 0.824. The summed E-state index contributed by atoms with van der Waals surface area (Å²) in [7, 11) is 0. The first-order valence-corrected chi connectivity index (χ1v) is 8.87. The van der Waals surface area contributed by atoms with Crippen molar-refractivity contribution in [2.75, 3.05) is 44.7 Å². The van der Waals surface area contributed by atoms with Crippen LogP contribution in [0.25, 0.3) is 0 Å². The fraction of sp³-hybridized carbons (Fsp3) is 0.421. The molecule has 7 heteroatoms. The number of nitrogens with one attached hydrogen (secondary N) is 2. The van der Waals surface area contributed by atoms with Crippen molar-refractivity contribution >= 4 is 17.5 Å². The molecule has 1 amide bonds. The summed E-state index contributed by atoms with van der Waals surface area (Å²) in [5.41, 5.74) is 3.70. The smallest absolute Gasteiger partial charge is 0.254 e. The van der Waals surface area contributed by atoms with Gasteiger partial charge in [0, 0.05) is 44.3 Å². The molecule has 0 aliphatic carbocycles. The van der Waals surface area contributed by atoms with Gasteiger partial charge in [-0.05, 0) is 25.0 Å². The normalized spacial score (nSPS) is 14.8. The number of aromatic nitrogens is 2. The number of amides is 1. The Kier molecular flexibility index (Phi) is 6.14. The second-order valence-electron chi connectivity index (χ2n) is 6.40. The van der Waals surface area contributed by atoms with Gasteiger partial charge in [-0.25, -0.2) is 9.97 Å². The Labute approximate surface area is 153 Å². The molecule has 0 atom stereocenters. The molecule has 2 N–H and O–H groups in total. The van der Waals surface area contributed by atoms with Gasteiger partial charge in [-0.1, -0.05) is 18.2 Å². The van der Waals surface area contributed by atoms with Gasteiger partial charge in [0.15, 0.2) is 0 Å². The maximum atomic E-state index is 12.2. The lowest BCUT2D eigenvalue weighted by Crippen LogP contribution is -2.41. The molecule has 3 rings (SSSR count). The maximum absolute atomic E-state index is 12.2. The minimum Gasteiger partial charge on any atom is -0.379 e. The number of hydrogen-bond acceptors (Lipinski definition) is 6. The third-order valence-corrected chi connectivity index (χ3v) is 4.45. The molecule has 1 fully saturated rings. The summed E-state index contributed by atoms with van der Waals surface area (Å²) < 4.78 is 5.31. The van der Waals surface area contributed by atoms with E-state index in [1.54, 1.807) is 12.4 Å². The molecule has 0 unspecified atom stereocenters. The van der Waals surface area contributed by atoms with Crippen LogP contribution in [0.15, 0.2) is 30.6 Å². The molecule has 1 aromatic carbocycles. The van der Waals surface area contributed by atoms with Gasteiger partial charge in [0.2, 0.25) is 5.95 Å². The van der Waals surface area contributed by atoms with Crippen molar-refractivity contribution in [3.05, 3.63) is 47.3 Å². The number of benzene rings is 1. The first kappa shape index (κ1) is 18.3. The molecule has 2 aromatic rings. The molecular formula is C19H25N5O2. The van der Waals surface area contributed by atoms with E-state index in [1.807, 2.05) is 32.0 Å². The Balaban J connectivity index is 1.52. The summed E-state index contributed by atoms with van der Waals surface area (Å²) in [5.74, 6) is 0.323. The second kappa shape index (κ2) is 8.73. The van der Waals surface area contributed by atoms with Crippen LogP contribution in [-0.4, -0.2) is 60.2 Å². The summed E-state index contributed by atoms with van der Waals surface area (Å²) >= 11 is 0. The number of anilines is 2. The predicted molar refractivity (Wildman–Crippen MR) is 101 cm³/mol. The molecule has 0 radical (unpaired) electrons.